The van der Waals surface area contributed by atoms with Gasteiger partial charge in [-0.3, -0.25) is 4.57 Å². The summed E-state index contributed by atoms with van der Waals surface area (Å²) in [4.78, 5) is 6.59. The molecule has 1 unspecified atom stereocenters. The number of hydrogen-bond acceptors (Lipinski definition) is 3. The van der Waals surface area contributed by atoms with Crippen LogP contribution in [0, 0.1) is 0 Å². The van der Waals surface area contributed by atoms with Crippen molar-refractivity contribution in [2.75, 3.05) is 0 Å². The quantitative estimate of drug-likeness (QED) is 0.199. The number of fused-ring (bicyclic) bond motifs is 10. The number of hydrogen-bond donors (Lipinski definition) is 1. The molecule has 9 aromatic rings. The third kappa shape index (κ3) is 4.00. The van der Waals surface area contributed by atoms with Gasteiger partial charge in [0.1, 0.15) is 0 Å². The molecule has 1 atom stereocenters. The van der Waals surface area contributed by atoms with Crippen molar-refractivity contribution in [2.24, 2.45) is 4.99 Å². The minimum absolute atomic E-state index is 0.0470. The SMILES string of the molecule is C1=CC2=C(c3ccccc3)N=C(n3c4ccccc4c4cc(-c5cc6c(s5)c5cccc7c8ccccc8n6c75)ccc43)NC2C=C1.CC. The number of aliphatic imine (C=N–C) groups is 1. The zero-order valence-corrected chi connectivity index (χ0v) is 28.0. The van der Waals surface area contributed by atoms with Crippen LogP contribution in [0.5, 0.6) is 0 Å². The second kappa shape index (κ2) is 10.8. The van der Waals surface area contributed by atoms with Crippen LogP contribution in [-0.2, 0) is 0 Å². The smallest absolute Gasteiger partial charge is 0.209 e. The van der Waals surface area contributed by atoms with Gasteiger partial charge < -0.3 is 9.72 Å². The molecule has 0 fully saturated rings. The fourth-order valence-electron chi connectivity index (χ4n) is 7.87. The van der Waals surface area contributed by atoms with Gasteiger partial charge in [0.2, 0.25) is 5.96 Å². The largest absolute Gasteiger partial charge is 0.345 e. The molecule has 0 amide bonds. The van der Waals surface area contributed by atoms with Crippen molar-refractivity contribution in [3.8, 4) is 10.4 Å². The van der Waals surface area contributed by atoms with Crippen molar-refractivity contribution in [3.05, 3.63) is 157 Å². The Morgan fingerprint density at radius 2 is 1.33 bits per heavy atom. The van der Waals surface area contributed by atoms with Crippen molar-refractivity contribution in [1.29, 1.82) is 0 Å². The normalized spacial score (nSPS) is 15.8. The van der Waals surface area contributed by atoms with Crippen LogP contribution in [0.3, 0.4) is 0 Å². The second-order valence-corrected chi connectivity index (χ2v) is 13.5. The van der Waals surface area contributed by atoms with Crippen LogP contribution in [0.4, 0.5) is 0 Å². The molecular weight excluding hydrogens is 617 g/mol. The van der Waals surface area contributed by atoms with E-state index in [0.29, 0.717) is 0 Å². The summed E-state index contributed by atoms with van der Waals surface area (Å²) in [6.45, 7) is 4.00. The van der Waals surface area contributed by atoms with Crippen LogP contribution in [0.2, 0.25) is 0 Å². The molecule has 0 saturated carbocycles. The fourth-order valence-corrected chi connectivity index (χ4v) is 9.03. The standard InChI is InChI=1S/C42H26N4S.C2H6/c1-2-11-25(12-3-1)39-30-15-4-7-18-33(30)43-42(44-39)46-35-20-9-6-14-28(35)32-23-26(21-22-36(32)46)38-24-37-41(47-38)31-17-10-16-29-27-13-5-8-19-34(27)45(37)40(29)31;1-2/h1-24,33H,(H,43,44);1-2H3. The molecule has 4 nitrogen and oxygen atoms in total. The van der Waals surface area contributed by atoms with E-state index in [1.54, 1.807) is 0 Å². The number of aromatic nitrogens is 2. The molecule has 4 aromatic heterocycles. The van der Waals surface area contributed by atoms with E-state index in [1.165, 1.54) is 64.2 Å². The lowest BCUT2D eigenvalue weighted by Gasteiger charge is -2.28. The van der Waals surface area contributed by atoms with Crippen molar-refractivity contribution < 1.29 is 0 Å². The van der Waals surface area contributed by atoms with E-state index in [1.807, 2.05) is 25.2 Å². The van der Waals surface area contributed by atoms with Gasteiger partial charge in [-0.1, -0.05) is 129 Å². The monoisotopic (exact) mass is 648 g/mol. The summed E-state index contributed by atoms with van der Waals surface area (Å²) >= 11 is 1.89. The maximum absolute atomic E-state index is 5.32. The number of benzene rings is 5. The minimum Gasteiger partial charge on any atom is -0.345 e. The molecule has 2 aliphatic rings. The molecule has 0 saturated heterocycles. The summed E-state index contributed by atoms with van der Waals surface area (Å²) in [5.74, 6) is 0.840. The van der Waals surface area contributed by atoms with Crippen molar-refractivity contribution in [1.82, 2.24) is 14.3 Å². The van der Waals surface area contributed by atoms with Crippen LogP contribution in [0.15, 0.2) is 156 Å². The number of thiophene rings is 1. The maximum atomic E-state index is 5.32. The van der Waals surface area contributed by atoms with E-state index >= 15 is 0 Å². The average molecular weight is 649 g/mol. The molecule has 0 spiro atoms. The summed E-state index contributed by atoms with van der Waals surface area (Å²) in [6.07, 6.45) is 8.61. The van der Waals surface area contributed by atoms with Crippen molar-refractivity contribution in [2.45, 2.75) is 19.9 Å². The van der Waals surface area contributed by atoms with Gasteiger partial charge in [0.15, 0.2) is 0 Å². The fraction of sp³-hybridized carbons (Fsp3) is 0.0682. The topological polar surface area (TPSA) is 33.7 Å². The Labute approximate surface area is 287 Å². The Kier molecular flexibility index (Phi) is 6.21. The number of para-hydroxylation sites is 3. The highest BCUT2D eigenvalue weighted by Gasteiger charge is 2.27. The lowest BCUT2D eigenvalue weighted by Crippen LogP contribution is -2.42. The molecule has 1 N–H and O–H groups in total. The predicted octanol–water partition coefficient (Wildman–Crippen LogP) is 11.4. The van der Waals surface area contributed by atoms with Crippen LogP contribution in [-0.4, -0.2) is 21.0 Å². The van der Waals surface area contributed by atoms with Crippen LogP contribution in [0.25, 0.3) is 75.4 Å². The third-order valence-corrected chi connectivity index (χ3v) is 11.1. The molecule has 234 valence electrons. The second-order valence-electron chi connectivity index (χ2n) is 12.4. The number of nitrogens with one attached hydrogen (secondary N) is 1. The van der Waals surface area contributed by atoms with Gasteiger partial charge in [0, 0.05) is 42.9 Å². The number of allylic oxidation sites excluding steroid dienone is 2. The first-order chi connectivity index (χ1) is 24.3. The molecule has 0 radical (unpaired) electrons. The lowest BCUT2D eigenvalue weighted by atomic mass is 9.95. The highest BCUT2D eigenvalue weighted by atomic mass is 32.1. The highest BCUT2D eigenvalue weighted by Crippen LogP contribution is 2.45. The Hall–Kier alpha value is -5.91. The third-order valence-electron chi connectivity index (χ3n) is 9.91. The molecule has 5 heteroatoms. The minimum atomic E-state index is 0.0470. The first-order valence-corrected chi connectivity index (χ1v) is 17.8. The van der Waals surface area contributed by atoms with E-state index in [9.17, 15) is 0 Å². The lowest BCUT2D eigenvalue weighted by molar-refractivity contribution is 0.805. The Bertz CT molecular complexity index is 2870. The van der Waals surface area contributed by atoms with Gasteiger partial charge in [-0.05, 0) is 35.9 Å². The highest BCUT2D eigenvalue weighted by molar-refractivity contribution is 7.23. The molecular formula is C44H32N4S. The summed E-state index contributed by atoms with van der Waals surface area (Å²) < 4.78 is 6.11. The van der Waals surface area contributed by atoms with Gasteiger partial charge in [0.25, 0.3) is 0 Å². The summed E-state index contributed by atoms with van der Waals surface area (Å²) in [5, 5.41) is 10.2. The van der Waals surface area contributed by atoms with Gasteiger partial charge in [0.05, 0.1) is 44.0 Å². The van der Waals surface area contributed by atoms with E-state index in [0.717, 1.165) is 28.3 Å². The summed E-state index contributed by atoms with van der Waals surface area (Å²) in [7, 11) is 0. The van der Waals surface area contributed by atoms with E-state index in [-0.39, 0.29) is 6.04 Å². The number of nitrogens with zero attached hydrogens (tertiary/aromatic N) is 3. The summed E-state index contributed by atoms with van der Waals surface area (Å²) in [6, 6.07) is 44.1. The molecule has 1 aliphatic heterocycles. The van der Waals surface area contributed by atoms with E-state index < -0.39 is 0 Å². The summed E-state index contributed by atoms with van der Waals surface area (Å²) in [5.41, 5.74) is 10.7. The molecule has 5 aromatic carbocycles. The molecule has 49 heavy (non-hydrogen) atoms. The van der Waals surface area contributed by atoms with Crippen LogP contribution >= 0.6 is 11.3 Å². The first kappa shape index (κ1) is 28.1. The Morgan fingerprint density at radius 3 is 2.18 bits per heavy atom. The maximum Gasteiger partial charge on any atom is 0.209 e. The average Bonchev–Trinajstić information content (AvgIpc) is 3.92. The zero-order valence-electron chi connectivity index (χ0n) is 27.2. The predicted molar refractivity (Wildman–Crippen MR) is 210 cm³/mol. The van der Waals surface area contributed by atoms with Crippen molar-refractivity contribution >= 4 is 82.2 Å². The Balaban J connectivity index is 0.00000150. The van der Waals surface area contributed by atoms with Crippen LogP contribution in [0.1, 0.15) is 19.4 Å². The molecule has 0 bridgehead atoms. The Morgan fingerprint density at radius 1 is 0.612 bits per heavy atom. The molecule has 11 rings (SSSR count). The van der Waals surface area contributed by atoms with Crippen molar-refractivity contribution in [3.63, 3.8) is 0 Å². The number of rotatable bonds is 2. The van der Waals surface area contributed by atoms with Gasteiger partial charge >= 0.3 is 0 Å². The van der Waals surface area contributed by atoms with Gasteiger partial charge in [-0.25, -0.2) is 4.99 Å². The molecule has 1 aliphatic carbocycles. The molecule has 5 heterocycles. The van der Waals surface area contributed by atoms with Gasteiger partial charge in [-0.15, -0.1) is 11.3 Å². The first-order valence-electron chi connectivity index (χ1n) is 17.0. The van der Waals surface area contributed by atoms with Gasteiger partial charge in [-0.2, -0.15) is 0 Å². The van der Waals surface area contributed by atoms with Crippen LogP contribution < -0.4 is 5.32 Å². The zero-order chi connectivity index (χ0) is 32.6. The van der Waals surface area contributed by atoms with E-state index in [4.69, 9.17) is 4.99 Å². The van der Waals surface area contributed by atoms with E-state index in [2.05, 4.69) is 160 Å².